The Morgan fingerprint density at radius 1 is 1.47 bits per heavy atom. The number of rotatable bonds is 4. The summed E-state index contributed by atoms with van der Waals surface area (Å²) in [6.07, 6.45) is 0.427. The summed E-state index contributed by atoms with van der Waals surface area (Å²) in [6.45, 7) is 2.02. The van der Waals surface area contributed by atoms with Gasteiger partial charge in [-0.05, 0) is 12.1 Å². The lowest BCUT2D eigenvalue weighted by molar-refractivity contribution is -0.140. The van der Waals surface area contributed by atoms with Crippen molar-refractivity contribution < 1.29 is 9.53 Å². The Balaban J connectivity index is 2.05. The summed E-state index contributed by atoms with van der Waals surface area (Å²) in [5.74, 6) is -0.166. The van der Waals surface area contributed by atoms with Crippen molar-refractivity contribution in [1.82, 2.24) is 4.98 Å². The molecule has 4 heteroatoms. The second kappa shape index (κ2) is 5.27. The molecule has 0 saturated heterocycles. The van der Waals surface area contributed by atoms with Crippen LogP contribution >= 0.6 is 11.8 Å². The summed E-state index contributed by atoms with van der Waals surface area (Å²) < 4.78 is 4.66. The first-order valence-electron chi connectivity index (χ1n) is 5.50. The fourth-order valence-corrected chi connectivity index (χ4v) is 2.70. The summed E-state index contributed by atoms with van der Waals surface area (Å²) in [5.41, 5.74) is 1.13. The quantitative estimate of drug-likeness (QED) is 0.668. The molecule has 1 N–H and O–H groups in total. The van der Waals surface area contributed by atoms with Crippen molar-refractivity contribution in [1.29, 1.82) is 0 Å². The number of fused-ring (bicyclic) bond motifs is 1. The van der Waals surface area contributed by atoms with Crippen LogP contribution in [-0.4, -0.2) is 23.3 Å². The van der Waals surface area contributed by atoms with E-state index in [4.69, 9.17) is 0 Å². The van der Waals surface area contributed by atoms with E-state index >= 15 is 0 Å². The van der Waals surface area contributed by atoms with Gasteiger partial charge >= 0.3 is 5.97 Å². The molecule has 90 valence electrons. The van der Waals surface area contributed by atoms with Crippen molar-refractivity contribution in [2.24, 2.45) is 0 Å². The van der Waals surface area contributed by atoms with Crippen molar-refractivity contribution in [3.05, 3.63) is 30.3 Å². The number of esters is 1. The lowest BCUT2D eigenvalue weighted by Gasteiger charge is -2.07. The van der Waals surface area contributed by atoms with E-state index in [1.54, 1.807) is 11.8 Å². The molecule has 1 heterocycles. The second-order valence-corrected chi connectivity index (χ2v) is 5.41. The van der Waals surface area contributed by atoms with Gasteiger partial charge in [-0.3, -0.25) is 4.79 Å². The number of benzene rings is 1. The molecule has 1 aromatic carbocycles. The molecule has 1 aromatic heterocycles. The van der Waals surface area contributed by atoms with Crippen LogP contribution in [-0.2, 0) is 9.53 Å². The van der Waals surface area contributed by atoms with Crippen LogP contribution in [0.5, 0.6) is 0 Å². The van der Waals surface area contributed by atoms with E-state index in [0.29, 0.717) is 6.42 Å². The predicted molar refractivity (Wildman–Crippen MR) is 70.3 cm³/mol. The molecule has 0 saturated carbocycles. The monoisotopic (exact) mass is 249 g/mol. The minimum atomic E-state index is -0.166. The Morgan fingerprint density at radius 3 is 2.94 bits per heavy atom. The molecule has 3 nitrogen and oxygen atoms in total. The van der Waals surface area contributed by atoms with Gasteiger partial charge in [-0.15, -0.1) is 11.8 Å². The highest BCUT2D eigenvalue weighted by Gasteiger charge is 2.11. The topological polar surface area (TPSA) is 42.1 Å². The third-order valence-electron chi connectivity index (χ3n) is 2.52. The third-order valence-corrected chi connectivity index (χ3v) is 3.56. The number of H-pyrrole nitrogens is 1. The van der Waals surface area contributed by atoms with Crippen LogP contribution in [0, 0.1) is 0 Å². The van der Waals surface area contributed by atoms with Crippen LogP contribution in [0.25, 0.3) is 10.9 Å². The van der Waals surface area contributed by atoms with Crippen molar-refractivity contribution in [2.45, 2.75) is 23.6 Å². The van der Waals surface area contributed by atoms with Crippen LogP contribution in [0.2, 0.25) is 0 Å². The zero-order chi connectivity index (χ0) is 12.3. The molecule has 0 radical (unpaired) electrons. The highest BCUT2D eigenvalue weighted by Crippen LogP contribution is 2.27. The Kier molecular flexibility index (Phi) is 3.74. The highest BCUT2D eigenvalue weighted by atomic mass is 32.2. The molecule has 17 heavy (non-hydrogen) atoms. The molecule has 0 amide bonds. The number of aromatic nitrogens is 1. The van der Waals surface area contributed by atoms with E-state index in [2.05, 4.69) is 21.9 Å². The minimum Gasteiger partial charge on any atom is -0.469 e. The number of hydrogen-bond donors (Lipinski definition) is 1. The lowest BCUT2D eigenvalue weighted by atomic mass is 10.3. The van der Waals surface area contributed by atoms with Gasteiger partial charge < -0.3 is 9.72 Å². The Bertz CT molecular complexity index is 488. The van der Waals surface area contributed by atoms with E-state index in [1.807, 2.05) is 25.1 Å². The van der Waals surface area contributed by atoms with Crippen molar-refractivity contribution in [3.8, 4) is 0 Å². The molecule has 0 aliphatic rings. The summed E-state index contributed by atoms with van der Waals surface area (Å²) in [5, 5.41) is 2.48. The Hall–Kier alpha value is -1.42. The fourth-order valence-electron chi connectivity index (χ4n) is 1.69. The maximum Gasteiger partial charge on any atom is 0.306 e. The van der Waals surface area contributed by atoms with Crippen LogP contribution in [0.4, 0.5) is 0 Å². The van der Waals surface area contributed by atoms with Crippen LogP contribution < -0.4 is 0 Å². The molecule has 0 aliphatic carbocycles. The molecule has 1 unspecified atom stereocenters. The summed E-state index contributed by atoms with van der Waals surface area (Å²) >= 11 is 1.66. The zero-order valence-corrected chi connectivity index (χ0v) is 10.7. The molecular formula is C13H15NO2S. The van der Waals surface area contributed by atoms with Crippen molar-refractivity contribution in [2.75, 3.05) is 7.11 Å². The van der Waals surface area contributed by atoms with Crippen molar-refractivity contribution >= 4 is 28.6 Å². The largest absolute Gasteiger partial charge is 0.469 e. The fraction of sp³-hybridized carbons (Fsp3) is 0.308. The predicted octanol–water partition coefficient (Wildman–Crippen LogP) is 3.21. The van der Waals surface area contributed by atoms with Gasteiger partial charge in [0, 0.05) is 16.2 Å². The number of hydrogen-bond acceptors (Lipinski definition) is 3. The average Bonchev–Trinajstić information content (AvgIpc) is 2.70. The van der Waals surface area contributed by atoms with Gasteiger partial charge in [0.15, 0.2) is 0 Å². The molecule has 0 aliphatic heterocycles. The number of aromatic amines is 1. The SMILES string of the molecule is COC(=O)CC(C)Sc1cc2ccccc2[nH]1. The number of thioether (sulfide) groups is 1. The molecular weight excluding hydrogens is 234 g/mol. The van der Waals surface area contributed by atoms with Crippen molar-refractivity contribution in [3.63, 3.8) is 0 Å². The number of carbonyl (C=O) groups is 1. The zero-order valence-electron chi connectivity index (χ0n) is 9.90. The third kappa shape index (κ3) is 3.03. The maximum absolute atomic E-state index is 11.1. The number of ether oxygens (including phenoxy) is 1. The van der Waals surface area contributed by atoms with Gasteiger partial charge in [0.2, 0.25) is 0 Å². The van der Waals surface area contributed by atoms with Crippen LogP contribution in [0.1, 0.15) is 13.3 Å². The van der Waals surface area contributed by atoms with E-state index in [0.717, 1.165) is 10.5 Å². The van der Waals surface area contributed by atoms with Gasteiger partial charge in [-0.2, -0.15) is 0 Å². The molecule has 1 atom stereocenters. The maximum atomic E-state index is 11.1. The van der Waals surface area contributed by atoms with E-state index in [9.17, 15) is 4.79 Å². The van der Waals surface area contributed by atoms with E-state index in [1.165, 1.54) is 12.5 Å². The lowest BCUT2D eigenvalue weighted by Crippen LogP contribution is -2.08. The molecule has 2 rings (SSSR count). The number of para-hydroxylation sites is 1. The Morgan fingerprint density at radius 2 is 2.24 bits per heavy atom. The van der Waals surface area contributed by atoms with Gasteiger partial charge in [-0.25, -0.2) is 0 Å². The molecule has 0 bridgehead atoms. The molecule has 2 aromatic rings. The van der Waals surface area contributed by atoms with Gasteiger partial charge in [0.1, 0.15) is 0 Å². The normalized spacial score (nSPS) is 12.6. The number of carbonyl (C=O) groups excluding carboxylic acids is 1. The van der Waals surface area contributed by atoms with Gasteiger partial charge in [0.25, 0.3) is 0 Å². The minimum absolute atomic E-state index is 0.166. The first-order valence-corrected chi connectivity index (χ1v) is 6.38. The summed E-state index contributed by atoms with van der Waals surface area (Å²) in [4.78, 5) is 14.5. The smallest absolute Gasteiger partial charge is 0.306 e. The van der Waals surface area contributed by atoms with Crippen LogP contribution in [0.3, 0.4) is 0 Å². The van der Waals surface area contributed by atoms with Gasteiger partial charge in [-0.1, -0.05) is 25.1 Å². The summed E-state index contributed by atoms with van der Waals surface area (Å²) in [6, 6.07) is 10.2. The van der Waals surface area contributed by atoms with Crippen LogP contribution in [0.15, 0.2) is 35.4 Å². The first kappa shape index (κ1) is 12.0. The number of methoxy groups -OCH3 is 1. The standard InChI is InChI=1S/C13H15NO2S/c1-9(7-13(15)16-2)17-12-8-10-5-3-4-6-11(10)14-12/h3-6,8-9,14H,7H2,1-2H3. The van der Waals surface area contributed by atoms with E-state index in [-0.39, 0.29) is 11.2 Å². The number of nitrogens with one attached hydrogen (secondary N) is 1. The summed E-state index contributed by atoms with van der Waals surface area (Å²) in [7, 11) is 1.42. The van der Waals surface area contributed by atoms with Gasteiger partial charge in [0.05, 0.1) is 18.6 Å². The van der Waals surface area contributed by atoms with E-state index < -0.39 is 0 Å². The average molecular weight is 249 g/mol. The highest BCUT2D eigenvalue weighted by molar-refractivity contribution is 7.99. The Labute approximate surface area is 105 Å². The molecule has 0 spiro atoms. The first-order chi connectivity index (χ1) is 8.19. The molecule has 0 fully saturated rings. The second-order valence-electron chi connectivity index (χ2n) is 3.93.